The lowest BCUT2D eigenvalue weighted by atomic mass is 10.0. The second kappa shape index (κ2) is 38.7. The number of carbonyl (C=O) groups is 1. The third-order valence-corrected chi connectivity index (χ3v) is 5.76. The van der Waals surface area contributed by atoms with Crippen LogP contribution in [0.5, 0.6) is 5.75 Å². The molecule has 0 aliphatic heterocycles. The van der Waals surface area contributed by atoms with Gasteiger partial charge in [-0.2, -0.15) is 5.10 Å². The van der Waals surface area contributed by atoms with Crippen molar-refractivity contribution in [3.63, 3.8) is 0 Å². The zero-order valence-corrected chi connectivity index (χ0v) is 28.8. The molecule has 0 atom stereocenters. The van der Waals surface area contributed by atoms with E-state index >= 15 is 0 Å². The molecule has 1 aromatic heterocycles. The van der Waals surface area contributed by atoms with Crippen molar-refractivity contribution >= 4 is 34.0 Å². The van der Waals surface area contributed by atoms with Crippen molar-refractivity contribution in [1.82, 2.24) is 9.78 Å². The van der Waals surface area contributed by atoms with E-state index in [0.29, 0.717) is 0 Å². The number of benzene rings is 1. The Hall–Kier alpha value is -2.40. The van der Waals surface area contributed by atoms with Gasteiger partial charge in [0, 0.05) is 11.3 Å². The van der Waals surface area contributed by atoms with Gasteiger partial charge in [0.15, 0.2) is 0 Å². The highest BCUT2D eigenvalue weighted by atomic mass is 79.9. The Labute approximate surface area is 258 Å². The molecule has 0 radical (unpaired) electrons. The first-order valence-corrected chi connectivity index (χ1v) is 15.2. The summed E-state index contributed by atoms with van der Waals surface area (Å²) in [7, 11) is 0. The first-order valence-electron chi connectivity index (χ1n) is 14.4. The van der Waals surface area contributed by atoms with Gasteiger partial charge in [0.25, 0.3) is 0 Å². The van der Waals surface area contributed by atoms with Gasteiger partial charge in [-0.15, -0.1) is 13.2 Å². The van der Waals surface area contributed by atoms with Gasteiger partial charge in [-0.05, 0) is 53.4 Å². The quantitative estimate of drug-likeness (QED) is 0.235. The number of hydrogen-bond acceptors (Lipinski definition) is 3. The van der Waals surface area contributed by atoms with Crippen molar-refractivity contribution in [3.05, 3.63) is 72.0 Å². The number of unbranched alkanes of at least 4 members (excludes halogenated alkanes) is 1. The Morgan fingerprint density at radius 2 is 1.40 bits per heavy atom. The molecule has 0 unspecified atom stereocenters. The molecule has 40 heavy (non-hydrogen) atoms. The fraction of sp³-hybridized carbons (Fsp3) is 0.543. The number of phenolic OH excluding ortho intramolecular Hbond substituents is 1. The predicted molar refractivity (Wildman–Crippen MR) is 189 cm³/mol. The smallest absolute Gasteiger partial charge is 0.123 e. The average Bonchev–Trinajstić information content (AvgIpc) is 3.31. The van der Waals surface area contributed by atoms with Crippen molar-refractivity contribution in [1.29, 1.82) is 0 Å². The second-order valence-electron chi connectivity index (χ2n) is 8.00. The van der Waals surface area contributed by atoms with E-state index in [0.717, 1.165) is 32.9 Å². The number of aromatic hydroxyl groups is 1. The maximum atomic E-state index is 9.80. The van der Waals surface area contributed by atoms with Crippen LogP contribution in [0.4, 0.5) is 0 Å². The van der Waals surface area contributed by atoms with Crippen molar-refractivity contribution in [2.24, 2.45) is 5.92 Å². The molecule has 0 amide bonds. The van der Waals surface area contributed by atoms with E-state index in [1.54, 1.807) is 18.3 Å². The molecule has 0 bridgehead atoms. The van der Waals surface area contributed by atoms with Crippen LogP contribution in [-0.4, -0.2) is 21.7 Å². The second-order valence-corrected chi connectivity index (χ2v) is 8.85. The van der Waals surface area contributed by atoms with Crippen molar-refractivity contribution in [3.8, 4) is 5.75 Å². The maximum absolute atomic E-state index is 9.80. The van der Waals surface area contributed by atoms with E-state index in [4.69, 9.17) is 4.79 Å². The molecule has 1 N–H and O–H groups in total. The largest absolute Gasteiger partial charge is 0.507 e. The molecule has 0 saturated carbocycles. The van der Waals surface area contributed by atoms with E-state index in [1.165, 1.54) is 38.5 Å². The lowest BCUT2D eigenvalue weighted by molar-refractivity contribution is -0.0980. The monoisotopic (exact) mass is 624 g/mol. The predicted octanol–water partition coefficient (Wildman–Crippen LogP) is 12.6. The average molecular weight is 626 g/mol. The molecule has 4 nitrogen and oxygen atoms in total. The van der Waals surface area contributed by atoms with E-state index in [9.17, 15) is 5.11 Å². The summed E-state index contributed by atoms with van der Waals surface area (Å²) in [6.07, 6.45) is 11.8. The number of hydrogen-bond donors (Lipinski definition) is 1. The third-order valence-electron chi connectivity index (χ3n) is 4.98. The standard InChI is InChI=1S/C15H15BrN2O.C8H18.C4H10.2C2H6.C2H4.CH2O.CH4/c1-10(13-6-4-5-7-15(13)19)8-11(2)18-12(3)14(16)9-17-18;1-4-6-8(3)7-5-2;1-3-4-2;4*1-2;/h4-9,19H,1H2,2-3H3;8H,4-7H2,1-3H3;3-4H2,1-2H3;2*1-2H3;1-2H2;1H2;1H4/b11-8-;;;;;;;. The molecular formula is C35H65BrN2O2. The Morgan fingerprint density at radius 1 is 0.975 bits per heavy atom. The van der Waals surface area contributed by atoms with Crippen LogP contribution in [0.25, 0.3) is 11.3 Å². The highest BCUT2D eigenvalue weighted by molar-refractivity contribution is 9.10. The molecule has 2 rings (SSSR count). The summed E-state index contributed by atoms with van der Waals surface area (Å²) >= 11 is 3.43. The summed E-state index contributed by atoms with van der Waals surface area (Å²) in [5, 5.41) is 14.1. The van der Waals surface area contributed by atoms with Gasteiger partial charge in [-0.25, -0.2) is 4.68 Å². The molecule has 234 valence electrons. The van der Waals surface area contributed by atoms with E-state index < -0.39 is 0 Å². The van der Waals surface area contributed by atoms with Gasteiger partial charge in [0.2, 0.25) is 0 Å². The fourth-order valence-corrected chi connectivity index (χ4v) is 3.27. The number of rotatable bonds is 8. The SMILES string of the molecule is C.C=C.C=C(/C=C(/C)n1ncc(Br)c1C)c1ccccc1O.C=O.CC.CC.CCCC.CCCC(C)CCC. The van der Waals surface area contributed by atoms with Gasteiger partial charge >= 0.3 is 0 Å². The summed E-state index contributed by atoms with van der Waals surface area (Å²) < 4.78 is 2.79. The summed E-state index contributed by atoms with van der Waals surface area (Å²) in [5.41, 5.74) is 3.45. The molecular weight excluding hydrogens is 560 g/mol. The van der Waals surface area contributed by atoms with Gasteiger partial charge < -0.3 is 9.90 Å². The molecule has 0 fully saturated rings. The highest BCUT2D eigenvalue weighted by Gasteiger charge is 2.07. The molecule has 0 saturated heterocycles. The van der Waals surface area contributed by atoms with Crippen molar-refractivity contribution in [2.75, 3.05) is 0 Å². The molecule has 1 aromatic carbocycles. The van der Waals surface area contributed by atoms with E-state index in [1.807, 2.05) is 71.2 Å². The third kappa shape index (κ3) is 25.9. The lowest BCUT2D eigenvalue weighted by Gasteiger charge is -2.08. The number of carbonyl (C=O) groups excluding carboxylic acids is 1. The number of halogens is 1. The number of aromatic nitrogens is 2. The van der Waals surface area contributed by atoms with E-state index in [-0.39, 0.29) is 13.2 Å². The van der Waals surface area contributed by atoms with Gasteiger partial charge in [0.05, 0.1) is 16.4 Å². The normalized spacial score (nSPS) is 8.88. The minimum atomic E-state index is 0. The topological polar surface area (TPSA) is 55.1 Å². The van der Waals surface area contributed by atoms with Crippen LogP contribution in [0.3, 0.4) is 0 Å². The van der Waals surface area contributed by atoms with E-state index in [2.05, 4.69) is 75.4 Å². The van der Waals surface area contributed by atoms with Crippen LogP contribution in [0, 0.1) is 12.8 Å². The molecule has 0 aliphatic rings. The van der Waals surface area contributed by atoms with Crippen LogP contribution in [0.15, 0.2) is 60.7 Å². The minimum absolute atomic E-state index is 0. The molecule has 0 aliphatic carbocycles. The molecule has 2 aromatic rings. The van der Waals surface area contributed by atoms with Crippen molar-refractivity contribution < 1.29 is 9.90 Å². The lowest BCUT2D eigenvalue weighted by Crippen LogP contribution is -1.98. The van der Waals surface area contributed by atoms with Crippen LogP contribution in [0.1, 0.15) is 126 Å². The van der Waals surface area contributed by atoms with Crippen LogP contribution >= 0.6 is 15.9 Å². The van der Waals surface area contributed by atoms with Crippen LogP contribution < -0.4 is 0 Å². The first-order chi connectivity index (χ1) is 18.7. The molecule has 0 spiro atoms. The van der Waals surface area contributed by atoms with Gasteiger partial charge in [0.1, 0.15) is 12.5 Å². The Balaban J connectivity index is -0.000000116. The number of phenols is 1. The zero-order chi connectivity index (χ0) is 31.8. The zero-order valence-electron chi connectivity index (χ0n) is 27.2. The van der Waals surface area contributed by atoms with Crippen LogP contribution in [0.2, 0.25) is 0 Å². The summed E-state index contributed by atoms with van der Waals surface area (Å²) in [6.45, 7) is 35.2. The first kappa shape index (κ1) is 50.4. The number of nitrogens with zero attached hydrogens (tertiary/aromatic N) is 2. The number of para-hydroxylation sites is 1. The Kier molecular flexibility index (Phi) is 48.9. The van der Waals surface area contributed by atoms with Crippen LogP contribution in [-0.2, 0) is 4.79 Å². The van der Waals surface area contributed by atoms with Crippen molar-refractivity contribution in [2.45, 2.75) is 122 Å². The maximum Gasteiger partial charge on any atom is 0.123 e. The summed E-state index contributed by atoms with van der Waals surface area (Å²) in [6, 6.07) is 7.16. The van der Waals surface area contributed by atoms with Gasteiger partial charge in [-0.1, -0.05) is 133 Å². The Bertz CT molecular complexity index is 819. The minimum Gasteiger partial charge on any atom is -0.507 e. The molecule has 1 heterocycles. The Morgan fingerprint density at radius 3 is 1.73 bits per heavy atom. The molecule has 5 heteroatoms. The highest BCUT2D eigenvalue weighted by Crippen LogP contribution is 2.26. The fourth-order valence-electron chi connectivity index (χ4n) is 3.01. The summed E-state index contributed by atoms with van der Waals surface area (Å²) in [5.74, 6) is 1.19. The summed E-state index contributed by atoms with van der Waals surface area (Å²) in [4.78, 5) is 8.00. The van der Waals surface area contributed by atoms with Gasteiger partial charge in [-0.3, -0.25) is 0 Å². The number of allylic oxidation sites excluding steroid dienone is 3.